The molecular formula is C18H24N4. The van der Waals surface area contributed by atoms with Crippen molar-refractivity contribution < 1.29 is 0 Å². The van der Waals surface area contributed by atoms with E-state index in [9.17, 15) is 0 Å². The van der Waals surface area contributed by atoms with Crippen molar-refractivity contribution in [3.63, 3.8) is 0 Å². The van der Waals surface area contributed by atoms with Gasteiger partial charge in [-0.3, -0.25) is 0 Å². The molecule has 3 rings (SSSR count). The van der Waals surface area contributed by atoms with Crippen molar-refractivity contribution in [3.8, 4) is 11.3 Å². The Labute approximate surface area is 132 Å². The van der Waals surface area contributed by atoms with Gasteiger partial charge in [-0.1, -0.05) is 36.8 Å². The van der Waals surface area contributed by atoms with Crippen molar-refractivity contribution in [2.24, 2.45) is 0 Å². The molecule has 0 unspecified atom stereocenters. The third kappa shape index (κ3) is 3.83. The standard InChI is InChI=1S/C18H24N4/c1-15-14-17(16-8-4-2-5-9-16)20-21-18(15)19-10-13-22-11-6-3-7-12-22/h2,4-5,8-9,14H,3,6-7,10-13H2,1H3,(H,19,21). The van der Waals surface area contributed by atoms with Crippen molar-refractivity contribution in [1.82, 2.24) is 15.1 Å². The average molecular weight is 296 g/mol. The lowest BCUT2D eigenvalue weighted by Gasteiger charge is -2.26. The maximum atomic E-state index is 4.36. The molecule has 0 aliphatic carbocycles. The van der Waals surface area contributed by atoms with E-state index in [2.05, 4.69) is 45.5 Å². The van der Waals surface area contributed by atoms with Crippen molar-refractivity contribution in [1.29, 1.82) is 0 Å². The zero-order valence-electron chi connectivity index (χ0n) is 13.3. The van der Waals surface area contributed by atoms with Crippen LogP contribution in [0.1, 0.15) is 24.8 Å². The minimum Gasteiger partial charge on any atom is -0.367 e. The van der Waals surface area contributed by atoms with Crippen LogP contribution in [0.3, 0.4) is 0 Å². The van der Waals surface area contributed by atoms with Crippen LogP contribution in [0.4, 0.5) is 5.82 Å². The number of anilines is 1. The third-order valence-electron chi connectivity index (χ3n) is 4.22. The highest BCUT2D eigenvalue weighted by Crippen LogP contribution is 2.19. The zero-order chi connectivity index (χ0) is 15.2. The fraction of sp³-hybridized carbons (Fsp3) is 0.444. The molecule has 2 aromatic rings. The van der Waals surface area contributed by atoms with Crippen LogP contribution in [0.15, 0.2) is 36.4 Å². The second-order valence-electron chi connectivity index (χ2n) is 5.96. The van der Waals surface area contributed by atoms with E-state index in [-0.39, 0.29) is 0 Å². The second-order valence-corrected chi connectivity index (χ2v) is 5.96. The fourth-order valence-electron chi connectivity index (χ4n) is 2.93. The number of hydrogen-bond acceptors (Lipinski definition) is 4. The average Bonchev–Trinajstić information content (AvgIpc) is 2.58. The molecule has 0 spiro atoms. The van der Waals surface area contributed by atoms with Crippen LogP contribution in [0, 0.1) is 6.92 Å². The van der Waals surface area contributed by atoms with Crippen LogP contribution < -0.4 is 5.32 Å². The van der Waals surface area contributed by atoms with Gasteiger partial charge in [0.15, 0.2) is 5.82 Å². The highest BCUT2D eigenvalue weighted by Gasteiger charge is 2.10. The van der Waals surface area contributed by atoms with Crippen molar-refractivity contribution in [2.75, 3.05) is 31.5 Å². The monoisotopic (exact) mass is 296 g/mol. The van der Waals surface area contributed by atoms with E-state index in [1.807, 2.05) is 18.2 Å². The molecule has 116 valence electrons. The largest absolute Gasteiger partial charge is 0.367 e. The summed E-state index contributed by atoms with van der Waals surface area (Å²) in [6.07, 6.45) is 4.06. The fourth-order valence-corrected chi connectivity index (χ4v) is 2.93. The predicted octanol–water partition coefficient (Wildman–Crippen LogP) is 3.35. The van der Waals surface area contributed by atoms with E-state index >= 15 is 0 Å². The predicted molar refractivity (Wildman–Crippen MR) is 91.0 cm³/mol. The molecule has 0 radical (unpaired) electrons. The lowest BCUT2D eigenvalue weighted by molar-refractivity contribution is 0.237. The van der Waals surface area contributed by atoms with E-state index in [0.29, 0.717) is 0 Å². The van der Waals surface area contributed by atoms with Gasteiger partial charge in [0, 0.05) is 18.7 Å². The number of aromatic nitrogens is 2. The lowest BCUT2D eigenvalue weighted by atomic mass is 10.1. The number of aryl methyl sites for hydroxylation is 1. The smallest absolute Gasteiger partial charge is 0.151 e. The maximum Gasteiger partial charge on any atom is 0.151 e. The van der Waals surface area contributed by atoms with E-state index < -0.39 is 0 Å². The van der Waals surface area contributed by atoms with Gasteiger partial charge in [0.2, 0.25) is 0 Å². The van der Waals surface area contributed by atoms with Crippen LogP contribution in [0.25, 0.3) is 11.3 Å². The van der Waals surface area contributed by atoms with Crippen molar-refractivity contribution in [3.05, 3.63) is 42.0 Å². The van der Waals surface area contributed by atoms with Gasteiger partial charge in [-0.15, -0.1) is 10.2 Å². The van der Waals surface area contributed by atoms with Gasteiger partial charge in [0.1, 0.15) is 0 Å². The minimum atomic E-state index is 0.900. The van der Waals surface area contributed by atoms with Gasteiger partial charge in [0.05, 0.1) is 5.69 Å². The molecule has 1 fully saturated rings. The molecular weight excluding hydrogens is 272 g/mol. The molecule has 1 aliphatic heterocycles. The summed E-state index contributed by atoms with van der Waals surface area (Å²) in [6, 6.07) is 12.3. The summed E-state index contributed by atoms with van der Waals surface area (Å²) in [5.41, 5.74) is 3.19. The number of rotatable bonds is 5. The van der Waals surface area contributed by atoms with Gasteiger partial charge in [-0.25, -0.2) is 0 Å². The molecule has 1 N–H and O–H groups in total. The van der Waals surface area contributed by atoms with Crippen LogP contribution in [-0.4, -0.2) is 41.3 Å². The molecule has 4 nitrogen and oxygen atoms in total. The summed E-state index contributed by atoms with van der Waals surface area (Å²) in [6.45, 7) is 6.57. The number of likely N-dealkylation sites (tertiary alicyclic amines) is 1. The van der Waals surface area contributed by atoms with E-state index in [1.165, 1.54) is 32.4 Å². The summed E-state index contributed by atoms with van der Waals surface area (Å²) in [4.78, 5) is 2.53. The van der Waals surface area contributed by atoms with Gasteiger partial charge >= 0.3 is 0 Å². The molecule has 0 bridgehead atoms. The molecule has 1 aromatic carbocycles. The van der Waals surface area contributed by atoms with Crippen molar-refractivity contribution >= 4 is 5.82 Å². The first-order valence-electron chi connectivity index (χ1n) is 8.19. The molecule has 1 aromatic heterocycles. The Bertz CT molecular complexity index is 591. The Morgan fingerprint density at radius 3 is 2.55 bits per heavy atom. The molecule has 0 atom stereocenters. The SMILES string of the molecule is Cc1cc(-c2ccccc2)nnc1NCCN1CCCCC1. The number of benzene rings is 1. The zero-order valence-corrected chi connectivity index (χ0v) is 13.3. The van der Waals surface area contributed by atoms with Crippen molar-refractivity contribution in [2.45, 2.75) is 26.2 Å². The summed E-state index contributed by atoms with van der Waals surface area (Å²) in [5, 5.41) is 12.1. The molecule has 4 heteroatoms. The Kier molecular flexibility index (Phi) is 5.01. The molecule has 2 heterocycles. The Hall–Kier alpha value is -1.94. The maximum absolute atomic E-state index is 4.36. The Morgan fingerprint density at radius 1 is 1.05 bits per heavy atom. The first-order valence-corrected chi connectivity index (χ1v) is 8.19. The van der Waals surface area contributed by atoms with Crippen LogP contribution in [0.2, 0.25) is 0 Å². The first kappa shape index (κ1) is 15.0. The topological polar surface area (TPSA) is 41.1 Å². The van der Waals surface area contributed by atoms with Crippen LogP contribution in [-0.2, 0) is 0 Å². The normalized spacial score (nSPS) is 15.7. The second kappa shape index (κ2) is 7.36. The van der Waals surface area contributed by atoms with Crippen LogP contribution >= 0.6 is 0 Å². The highest BCUT2D eigenvalue weighted by molar-refractivity contribution is 5.61. The Balaban J connectivity index is 1.58. The molecule has 22 heavy (non-hydrogen) atoms. The molecule has 0 amide bonds. The molecule has 0 saturated carbocycles. The summed E-state index contributed by atoms with van der Waals surface area (Å²) < 4.78 is 0. The van der Waals surface area contributed by atoms with Gasteiger partial charge in [-0.05, 0) is 44.5 Å². The quantitative estimate of drug-likeness (QED) is 0.918. The lowest BCUT2D eigenvalue weighted by Crippen LogP contribution is -2.33. The number of nitrogens with one attached hydrogen (secondary N) is 1. The Morgan fingerprint density at radius 2 is 1.82 bits per heavy atom. The van der Waals surface area contributed by atoms with E-state index in [1.54, 1.807) is 0 Å². The minimum absolute atomic E-state index is 0.900. The van der Waals surface area contributed by atoms with E-state index in [0.717, 1.165) is 35.7 Å². The van der Waals surface area contributed by atoms with Crippen LogP contribution in [0.5, 0.6) is 0 Å². The highest BCUT2D eigenvalue weighted by atomic mass is 15.2. The summed E-state index contributed by atoms with van der Waals surface area (Å²) in [5.74, 6) is 0.900. The van der Waals surface area contributed by atoms with Gasteiger partial charge < -0.3 is 10.2 Å². The summed E-state index contributed by atoms with van der Waals surface area (Å²) in [7, 11) is 0. The summed E-state index contributed by atoms with van der Waals surface area (Å²) >= 11 is 0. The number of piperidine rings is 1. The van der Waals surface area contributed by atoms with Gasteiger partial charge in [-0.2, -0.15) is 0 Å². The number of nitrogens with zero attached hydrogens (tertiary/aromatic N) is 3. The van der Waals surface area contributed by atoms with Gasteiger partial charge in [0.25, 0.3) is 0 Å². The molecule has 1 saturated heterocycles. The molecule has 1 aliphatic rings. The number of hydrogen-bond donors (Lipinski definition) is 1. The first-order chi connectivity index (χ1) is 10.8. The third-order valence-corrected chi connectivity index (χ3v) is 4.22. The van der Waals surface area contributed by atoms with E-state index in [4.69, 9.17) is 0 Å².